The van der Waals surface area contributed by atoms with E-state index in [1.165, 1.54) is 5.56 Å². The van der Waals surface area contributed by atoms with Crippen LogP contribution in [0.2, 0.25) is 0 Å². The van der Waals surface area contributed by atoms with Gasteiger partial charge in [-0.15, -0.1) is 0 Å². The van der Waals surface area contributed by atoms with Crippen LogP contribution < -0.4 is 16.0 Å². The molecule has 0 saturated carbocycles. The van der Waals surface area contributed by atoms with Crippen LogP contribution >= 0.6 is 0 Å². The van der Waals surface area contributed by atoms with Crippen LogP contribution in [0.3, 0.4) is 0 Å². The van der Waals surface area contributed by atoms with E-state index >= 15 is 0 Å². The summed E-state index contributed by atoms with van der Waals surface area (Å²) in [5.74, 6) is 0.445. The third-order valence-electron chi connectivity index (χ3n) is 5.55. The van der Waals surface area contributed by atoms with E-state index in [4.69, 9.17) is 0 Å². The van der Waals surface area contributed by atoms with Crippen LogP contribution in [0.4, 0.5) is 5.69 Å². The second-order valence-electron chi connectivity index (χ2n) is 7.77. The number of rotatable bonds is 8. The number of anilines is 1. The predicted molar refractivity (Wildman–Crippen MR) is 117 cm³/mol. The molecule has 1 aliphatic heterocycles. The lowest BCUT2D eigenvalue weighted by Gasteiger charge is -2.22. The van der Waals surface area contributed by atoms with Gasteiger partial charge in [0, 0.05) is 13.0 Å². The lowest BCUT2D eigenvalue weighted by Crippen LogP contribution is -2.29. The van der Waals surface area contributed by atoms with Crippen LogP contribution in [-0.4, -0.2) is 31.4 Å². The molecular formula is C24H31N3O2. The fourth-order valence-corrected chi connectivity index (χ4v) is 3.85. The van der Waals surface area contributed by atoms with Gasteiger partial charge in [0.1, 0.15) is 0 Å². The Kier molecular flexibility index (Phi) is 7.82. The van der Waals surface area contributed by atoms with Crippen LogP contribution in [-0.2, 0) is 11.2 Å². The summed E-state index contributed by atoms with van der Waals surface area (Å²) in [4.78, 5) is 25.3. The Morgan fingerprint density at radius 1 is 1.03 bits per heavy atom. The van der Waals surface area contributed by atoms with Crippen LogP contribution in [0.1, 0.15) is 47.2 Å². The van der Waals surface area contributed by atoms with Crippen molar-refractivity contribution in [3.8, 4) is 0 Å². The van der Waals surface area contributed by atoms with Crippen LogP contribution in [0.25, 0.3) is 0 Å². The number of amides is 2. The fraction of sp³-hybridized carbons (Fsp3) is 0.417. The molecule has 1 fully saturated rings. The first-order chi connectivity index (χ1) is 14.1. The third kappa shape index (κ3) is 6.43. The zero-order chi connectivity index (χ0) is 20.5. The smallest absolute Gasteiger partial charge is 0.253 e. The van der Waals surface area contributed by atoms with Gasteiger partial charge in [0.15, 0.2) is 0 Å². The molecule has 154 valence electrons. The van der Waals surface area contributed by atoms with Crippen molar-refractivity contribution in [1.82, 2.24) is 10.6 Å². The zero-order valence-corrected chi connectivity index (χ0v) is 17.2. The molecule has 3 N–H and O–H groups in total. The zero-order valence-electron chi connectivity index (χ0n) is 17.2. The Labute approximate surface area is 173 Å². The number of piperidine rings is 1. The minimum Gasteiger partial charge on any atom is -0.352 e. The van der Waals surface area contributed by atoms with E-state index in [9.17, 15) is 9.59 Å². The van der Waals surface area contributed by atoms with Gasteiger partial charge in [0.2, 0.25) is 5.91 Å². The fourth-order valence-electron chi connectivity index (χ4n) is 3.85. The molecule has 1 heterocycles. The Morgan fingerprint density at radius 2 is 1.79 bits per heavy atom. The Bertz CT molecular complexity index is 814. The molecule has 29 heavy (non-hydrogen) atoms. The first-order valence-corrected chi connectivity index (χ1v) is 10.6. The minimum atomic E-state index is -0.146. The van der Waals surface area contributed by atoms with Crippen LogP contribution in [0, 0.1) is 12.8 Å². The number of carbonyl (C=O) groups is 2. The van der Waals surface area contributed by atoms with Crippen molar-refractivity contribution >= 4 is 17.5 Å². The molecule has 5 nitrogen and oxygen atoms in total. The van der Waals surface area contributed by atoms with Crippen molar-refractivity contribution in [2.24, 2.45) is 5.92 Å². The van der Waals surface area contributed by atoms with E-state index in [-0.39, 0.29) is 11.8 Å². The summed E-state index contributed by atoms with van der Waals surface area (Å²) in [5.41, 5.74) is 3.19. The first-order valence-electron chi connectivity index (χ1n) is 10.6. The molecule has 0 aliphatic carbocycles. The summed E-state index contributed by atoms with van der Waals surface area (Å²) in [7, 11) is 0. The quantitative estimate of drug-likeness (QED) is 0.641. The highest BCUT2D eigenvalue weighted by Gasteiger charge is 2.18. The Hall–Kier alpha value is -2.66. The highest BCUT2D eigenvalue weighted by molar-refractivity contribution is 6.04. The first kappa shape index (κ1) is 21.1. The molecule has 2 aromatic carbocycles. The molecule has 1 saturated heterocycles. The molecule has 0 aromatic heterocycles. The number of benzene rings is 2. The number of nitrogens with one attached hydrogen (secondary N) is 3. The van der Waals surface area contributed by atoms with E-state index in [1.54, 1.807) is 0 Å². The summed E-state index contributed by atoms with van der Waals surface area (Å²) in [6.07, 6.45) is 4.43. The second kappa shape index (κ2) is 10.8. The van der Waals surface area contributed by atoms with Gasteiger partial charge in [-0.05, 0) is 68.8 Å². The Balaban J connectivity index is 1.55. The molecule has 2 aromatic rings. The average molecular weight is 394 g/mol. The molecule has 1 aliphatic rings. The summed E-state index contributed by atoms with van der Waals surface area (Å²) >= 11 is 0. The van der Waals surface area contributed by atoms with Gasteiger partial charge >= 0.3 is 0 Å². The number of carbonyl (C=O) groups excluding carboxylic acids is 2. The van der Waals surface area contributed by atoms with Crippen molar-refractivity contribution in [2.45, 2.75) is 39.0 Å². The van der Waals surface area contributed by atoms with E-state index in [1.807, 2.05) is 55.5 Å². The summed E-state index contributed by atoms with van der Waals surface area (Å²) < 4.78 is 0. The molecular weight excluding hydrogens is 362 g/mol. The molecule has 0 unspecified atom stereocenters. The summed E-state index contributed by atoms with van der Waals surface area (Å²) in [6, 6.07) is 15.7. The lowest BCUT2D eigenvalue weighted by atomic mass is 9.93. The summed E-state index contributed by atoms with van der Waals surface area (Å²) in [5, 5.41) is 9.30. The minimum absolute atomic E-state index is 0.0209. The molecule has 2 amide bonds. The standard InChI is InChI=1S/C24H31N3O2/c1-18-6-5-9-21(27-22(28)11-10-20-12-15-25-16-13-20)23(18)24(29)26-17-14-19-7-3-2-4-8-19/h2-9,20,25H,10-17H2,1H3,(H,26,29)(H,27,28). The van der Waals surface area contributed by atoms with Gasteiger partial charge in [-0.3, -0.25) is 9.59 Å². The number of aryl methyl sites for hydroxylation is 1. The molecule has 5 heteroatoms. The monoisotopic (exact) mass is 393 g/mol. The molecule has 3 rings (SSSR count). The van der Waals surface area contributed by atoms with Crippen molar-refractivity contribution in [3.05, 3.63) is 65.2 Å². The highest BCUT2D eigenvalue weighted by atomic mass is 16.2. The van der Waals surface area contributed by atoms with Crippen molar-refractivity contribution in [1.29, 1.82) is 0 Å². The molecule has 0 radical (unpaired) electrons. The SMILES string of the molecule is Cc1cccc(NC(=O)CCC2CCNCC2)c1C(=O)NCCc1ccccc1. The lowest BCUT2D eigenvalue weighted by molar-refractivity contribution is -0.116. The van der Waals surface area contributed by atoms with E-state index in [2.05, 4.69) is 16.0 Å². The average Bonchev–Trinajstić information content (AvgIpc) is 2.74. The van der Waals surface area contributed by atoms with Crippen LogP contribution in [0.5, 0.6) is 0 Å². The van der Waals surface area contributed by atoms with Gasteiger partial charge in [-0.1, -0.05) is 42.5 Å². The van der Waals surface area contributed by atoms with Gasteiger partial charge in [-0.25, -0.2) is 0 Å². The maximum Gasteiger partial charge on any atom is 0.253 e. The van der Waals surface area contributed by atoms with Gasteiger partial charge in [-0.2, -0.15) is 0 Å². The van der Waals surface area contributed by atoms with Crippen molar-refractivity contribution in [3.63, 3.8) is 0 Å². The number of hydrogen-bond donors (Lipinski definition) is 3. The summed E-state index contributed by atoms with van der Waals surface area (Å²) in [6.45, 7) is 4.53. The predicted octanol–water partition coefficient (Wildman–Crippen LogP) is 3.69. The van der Waals surface area contributed by atoms with Gasteiger partial charge in [0.25, 0.3) is 5.91 Å². The maximum absolute atomic E-state index is 12.8. The highest BCUT2D eigenvalue weighted by Crippen LogP contribution is 2.22. The van der Waals surface area contributed by atoms with Crippen molar-refractivity contribution in [2.75, 3.05) is 25.0 Å². The molecule has 0 spiro atoms. The second-order valence-corrected chi connectivity index (χ2v) is 7.77. The number of hydrogen-bond acceptors (Lipinski definition) is 3. The molecule has 0 bridgehead atoms. The van der Waals surface area contributed by atoms with E-state index in [0.717, 1.165) is 44.3 Å². The van der Waals surface area contributed by atoms with Gasteiger partial charge < -0.3 is 16.0 Å². The van der Waals surface area contributed by atoms with E-state index < -0.39 is 0 Å². The topological polar surface area (TPSA) is 70.2 Å². The van der Waals surface area contributed by atoms with Crippen LogP contribution in [0.15, 0.2) is 48.5 Å². The normalized spacial score (nSPS) is 14.4. The van der Waals surface area contributed by atoms with E-state index in [0.29, 0.717) is 30.1 Å². The molecule has 0 atom stereocenters. The van der Waals surface area contributed by atoms with Gasteiger partial charge in [0.05, 0.1) is 11.3 Å². The third-order valence-corrected chi connectivity index (χ3v) is 5.55. The Morgan fingerprint density at radius 3 is 2.55 bits per heavy atom. The van der Waals surface area contributed by atoms with Crippen molar-refractivity contribution < 1.29 is 9.59 Å². The largest absolute Gasteiger partial charge is 0.352 e. The maximum atomic E-state index is 12.8.